The second-order valence-corrected chi connectivity index (χ2v) is 3.92. The molecule has 112 valence electrons. The van der Waals surface area contributed by atoms with Crippen LogP contribution in [0.1, 0.15) is 20.8 Å². The molecule has 1 aromatic heterocycles. The summed E-state index contributed by atoms with van der Waals surface area (Å²) in [6.45, 7) is 8.01. The predicted octanol–water partition coefficient (Wildman–Crippen LogP) is 0.592. The van der Waals surface area contributed by atoms with Crippen molar-refractivity contribution < 1.29 is 9.53 Å². The number of ether oxygens (including phenoxy) is 1. The lowest BCUT2D eigenvalue weighted by Gasteiger charge is -2.18. The Morgan fingerprint density at radius 1 is 1.10 bits per heavy atom. The van der Waals surface area contributed by atoms with E-state index in [1.165, 1.54) is 7.11 Å². The molecule has 0 aliphatic carbocycles. The van der Waals surface area contributed by atoms with E-state index in [-0.39, 0.29) is 18.5 Å². The van der Waals surface area contributed by atoms with Gasteiger partial charge in [0, 0.05) is 19.6 Å². The first-order chi connectivity index (χ1) is 9.64. The average molecular weight is 282 g/mol. The summed E-state index contributed by atoms with van der Waals surface area (Å²) in [6, 6.07) is 0.203. The van der Waals surface area contributed by atoms with Gasteiger partial charge in [0.25, 0.3) is 0 Å². The first kappa shape index (κ1) is 15.9. The summed E-state index contributed by atoms with van der Waals surface area (Å²) in [4.78, 5) is 25.9. The van der Waals surface area contributed by atoms with Crippen molar-refractivity contribution in [2.75, 3.05) is 43.9 Å². The van der Waals surface area contributed by atoms with Gasteiger partial charge < -0.3 is 20.3 Å². The molecule has 1 heterocycles. The third-order valence-corrected chi connectivity index (χ3v) is 2.65. The zero-order chi connectivity index (χ0) is 15.0. The van der Waals surface area contributed by atoms with E-state index in [0.29, 0.717) is 31.5 Å². The number of hydrogen-bond acceptors (Lipinski definition) is 7. The third kappa shape index (κ3) is 4.52. The molecule has 8 heteroatoms. The van der Waals surface area contributed by atoms with Gasteiger partial charge in [0.2, 0.25) is 17.8 Å². The van der Waals surface area contributed by atoms with Gasteiger partial charge in [0.15, 0.2) is 0 Å². The summed E-state index contributed by atoms with van der Waals surface area (Å²) in [5.41, 5.74) is 0. The molecule has 0 aliphatic rings. The molecule has 0 aliphatic heterocycles. The van der Waals surface area contributed by atoms with Crippen LogP contribution >= 0.6 is 0 Å². The number of nitrogens with zero attached hydrogens (tertiary/aromatic N) is 4. The highest BCUT2D eigenvalue weighted by atomic mass is 16.5. The van der Waals surface area contributed by atoms with Gasteiger partial charge in [-0.2, -0.15) is 15.0 Å². The Hall–Kier alpha value is -2.12. The molecule has 0 radical (unpaired) electrons. The Labute approximate surface area is 119 Å². The fourth-order valence-electron chi connectivity index (χ4n) is 1.61. The number of aromatic nitrogens is 3. The van der Waals surface area contributed by atoms with Crippen LogP contribution in [0.3, 0.4) is 0 Å². The largest absolute Gasteiger partial charge is 0.467 e. The van der Waals surface area contributed by atoms with Gasteiger partial charge in [0.05, 0.1) is 13.7 Å². The summed E-state index contributed by atoms with van der Waals surface area (Å²) < 4.78 is 5.00. The van der Waals surface area contributed by atoms with Crippen molar-refractivity contribution in [1.29, 1.82) is 0 Å². The quantitative estimate of drug-likeness (QED) is 0.721. The molecule has 1 amide bonds. The van der Waals surface area contributed by atoms with E-state index in [1.54, 1.807) is 4.90 Å². The Morgan fingerprint density at radius 2 is 1.70 bits per heavy atom. The first-order valence-electron chi connectivity index (χ1n) is 6.70. The van der Waals surface area contributed by atoms with Gasteiger partial charge in [-0.1, -0.05) is 0 Å². The molecule has 0 atom stereocenters. The lowest BCUT2D eigenvalue weighted by Crippen LogP contribution is -2.35. The van der Waals surface area contributed by atoms with Crippen molar-refractivity contribution in [1.82, 2.24) is 19.9 Å². The zero-order valence-electron chi connectivity index (χ0n) is 12.4. The van der Waals surface area contributed by atoms with Crippen molar-refractivity contribution in [2.24, 2.45) is 0 Å². The molecule has 0 fully saturated rings. The molecule has 0 saturated carbocycles. The number of likely N-dealkylation sites (N-methyl/N-ethyl adjacent to an activating group) is 1. The Balaban J connectivity index is 2.71. The Bertz CT molecular complexity index is 436. The lowest BCUT2D eigenvalue weighted by molar-refractivity contribution is -0.128. The van der Waals surface area contributed by atoms with Gasteiger partial charge in [-0.05, 0) is 20.8 Å². The van der Waals surface area contributed by atoms with Gasteiger partial charge >= 0.3 is 6.01 Å². The maximum absolute atomic E-state index is 11.9. The second-order valence-electron chi connectivity index (χ2n) is 3.92. The topological polar surface area (TPSA) is 92.3 Å². The SMILES string of the molecule is CCNc1nc(NCC(=O)N(CC)CC)nc(OC)n1. The molecule has 0 spiro atoms. The van der Waals surface area contributed by atoms with Crippen molar-refractivity contribution in [2.45, 2.75) is 20.8 Å². The number of methoxy groups -OCH3 is 1. The normalized spacial score (nSPS) is 10.0. The maximum Gasteiger partial charge on any atom is 0.322 e. The second kappa shape index (κ2) is 8.13. The standard InChI is InChI=1S/C12H22N6O2/c1-5-13-10-15-11(17-12(16-10)20-4)14-8-9(19)18(6-2)7-3/h5-8H2,1-4H3,(H2,13,14,15,16,17). The number of nitrogens with one attached hydrogen (secondary N) is 2. The van der Waals surface area contributed by atoms with E-state index in [4.69, 9.17) is 4.74 Å². The monoisotopic (exact) mass is 282 g/mol. The van der Waals surface area contributed by atoms with E-state index in [9.17, 15) is 4.79 Å². The molecular weight excluding hydrogens is 260 g/mol. The number of carbonyl (C=O) groups excluding carboxylic acids is 1. The molecule has 0 saturated heterocycles. The molecule has 1 rings (SSSR count). The van der Waals surface area contributed by atoms with Crippen LogP contribution in [0, 0.1) is 0 Å². The van der Waals surface area contributed by atoms with Gasteiger partial charge in [-0.25, -0.2) is 0 Å². The highest BCUT2D eigenvalue weighted by Crippen LogP contribution is 2.10. The minimum atomic E-state index is -0.000574. The smallest absolute Gasteiger partial charge is 0.322 e. The third-order valence-electron chi connectivity index (χ3n) is 2.65. The van der Waals surface area contributed by atoms with Crippen LogP contribution in [-0.4, -0.2) is 59.0 Å². The molecule has 0 aromatic carbocycles. The van der Waals surface area contributed by atoms with Crippen LogP contribution in [0.4, 0.5) is 11.9 Å². The predicted molar refractivity (Wildman–Crippen MR) is 77.0 cm³/mol. The molecule has 2 N–H and O–H groups in total. The van der Waals surface area contributed by atoms with E-state index in [0.717, 1.165) is 0 Å². The van der Waals surface area contributed by atoms with Crippen LogP contribution in [-0.2, 0) is 4.79 Å². The van der Waals surface area contributed by atoms with Crippen molar-refractivity contribution in [3.63, 3.8) is 0 Å². The number of amides is 1. The van der Waals surface area contributed by atoms with Gasteiger partial charge in [-0.3, -0.25) is 4.79 Å². The summed E-state index contributed by atoms with van der Waals surface area (Å²) in [6.07, 6.45) is 0. The average Bonchev–Trinajstić information content (AvgIpc) is 2.46. The van der Waals surface area contributed by atoms with E-state index >= 15 is 0 Å². The first-order valence-corrected chi connectivity index (χ1v) is 6.70. The number of carbonyl (C=O) groups is 1. The Morgan fingerprint density at radius 3 is 2.20 bits per heavy atom. The molecule has 0 unspecified atom stereocenters. The summed E-state index contributed by atoms with van der Waals surface area (Å²) >= 11 is 0. The van der Waals surface area contributed by atoms with Crippen molar-refractivity contribution in [3.05, 3.63) is 0 Å². The molecule has 20 heavy (non-hydrogen) atoms. The van der Waals surface area contributed by atoms with Crippen LogP contribution in [0.2, 0.25) is 0 Å². The highest BCUT2D eigenvalue weighted by molar-refractivity contribution is 5.80. The van der Waals surface area contributed by atoms with Crippen LogP contribution in [0.15, 0.2) is 0 Å². The van der Waals surface area contributed by atoms with Crippen molar-refractivity contribution in [3.8, 4) is 6.01 Å². The number of anilines is 2. The molecule has 0 bridgehead atoms. The van der Waals surface area contributed by atoms with Crippen LogP contribution in [0.5, 0.6) is 6.01 Å². The van der Waals surface area contributed by atoms with Crippen LogP contribution < -0.4 is 15.4 Å². The summed E-state index contributed by atoms with van der Waals surface area (Å²) in [5, 5.41) is 5.87. The van der Waals surface area contributed by atoms with Crippen molar-refractivity contribution >= 4 is 17.8 Å². The lowest BCUT2D eigenvalue weighted by atomic mass is 10.4. The van der Waals surface area contributed by atoms with E-state index in [2.05, 4.69) is 25.6 Å². The van der Waals surface area contributed by atoms with E-state index in [1.807, 2.05) is 20.8 Å². The zero-order valence-corrected chi connectivity index (χ0v) is 12.4. The minimum absolute atomic E-state index is 0.000574. The number of hydrogen-bond donors (Lipinski definition) is 2. The van der Waals surface area contributed by atoms with Gasteiger partial charge in [-0.15, -0.1) is 0 Å². The minimum Gasteiger partial charge on any atom is -0.467 e. The summed E-state index contributed by atoms with van der Waals surface area (Å²) in [7, 11) is 1.48. The van der Waals surface area contributed by atoms with Crippen LogP contribution in [0.25, 0.3) is 0 Å². The number of rotatable bonds is 8. The fraction of sp³-hybridized carbons (Fsp3) is 0.667. The highest BCUT2D eigenvalue weighted by Gasteiger charge is 2.11. The van der Waals surface area contributed by atoms with Gasteiger partial charge in [0.1, 0.15) is 0 Å². The molecule has 1 aromatic rings. The fourth-order valence-corrected chi connectivity index (χ4v) is 1.61. The molecular formula is C12H22N6O2. The Kier molecular flexibility index (Phi) is 6.48. The summed E-state index contributed by atoms with van der Waals surface area (Å²) in [5.74, 6) is 0.727. The maximum atomic E-state index is 11.9. The van der Waals surface area contributed by atoms with E-state index < -0.39 is 0 Å². The molecule has 8 nitrogen and oxygen atoms in total.